The Morgan fingerprint density at radius 3 is 2.62 bits per heavy atom. The van der Waals surface area contributed by atoms with Crippen molar-refractivity contribution >= 4 is 29.2 Å². The lowest BCUT2D eigenvalue weighted by Crippen LogP contribution is -2.47. The Balaban J connectivity index is 1.60. The minimum absolute atomic E-state index is 0.217. The zero-order valence-corrected chi connectivity index (χ0v) is 15.0. The van der Waals surface area contributed by atoms with Crippen molar-refractivity contribution < 1.29 is 19.5 Å². The van der Waals surface area contributed by atoms with Crippen molar-refractivity contribution in [2.75, 3.05) is 23.3 Å². The number of carboxylic acids is 1. The summed E-state index contributed by atoms with van der Waals surface area (Å²) in [4.78, 5) is 36.2. The molecular formula is C19H25N3O4. The highest BCUT2D eigenvalue weighted by molar-refractivity contribution is 6.01. The quantitative estimate of drug-likeness (QED) is 0.695. The minimum atomic E-state index is -0.719. The van der Waals surface area contributed by atoms with Gasteiger partial charge in [-0.3, -0.25) is 19.7 Å². The molecule has 1 atom stereocenters. The van der Waals surface area contributed by atoms with E-state index >= 15 is 0 Å². The molecule has 2 aliphatic heterocycles. The van der Waals surface area contributed by atoms with E-state index in [4.69, 9.17) is 5.11 Å². The number of carbonyl (C=O) groups excluding carboxylic acids is 2. The van der Waals surface area contributed by atoms with Crippen molar-refractivity contribution in [2.24, 2.45) is 5.92 Å². The lowest BCUT2D eigenvalue weighted by molar-refractivity contribution is -0.138. The van der Waals surface area contributed by atoms with Gasteiger partial charge in [0, 0.05) is 37.3 Å². The van der Waals surface area contributed by atoms with Gasteiger partial charge in [-0.15, -0.1) is 0 Å². The molecule has 0 saturated carbocycles. The van der Waals surface area contributed by atoms with E-state index in [1.165, 1.54) is 0 Å². The van der Waals surface area contributed by atoms with E-state index in [2.05, 4.69) is 15.5 Å². The number of anilines is 2. The van der Waals surface area contributed by atoms with Crippen LogP contribution in [-0.2, 0) is 14.4 Å². The van der Waals surface area contributed by atoms with Crippen molar-refractivity contribution in [1.29, 1.82) is 0 Å². The Labute approximate surface area is 152 Å². The molecule has 26 heavy (non-hydrogen) atoms. The first-order valence-corrected chi connectivity index (χ1v) is 9.10. The maximum atomic E-state index is 11.9. The predicted octanol–water partition coefficient (Wildman–Crippen LogP) is 1.90. The third kappa shape index (κ3) is 4.33. The smallest absolute Gasteiger partial charge is 0.303 e. The van der Waals surface area contributed by atoms with E-state index in [9.17, 15) is 14.4 Å². The van der Waals surface area contributed by atoms with Crippen LogP contribution in [0.5, 0.6) is 0 Å². The average Bonchev–Trinajstić information content (AvgIpc) is 2.58. The largest absolute Gasteiger partial charge is 0.481 e. The molecule has 2 heterocycles. The van der Waals surface area contributed by atoms with Gasteiger partial charge in [-0.2, -0.15) is 0 Å². The van der Waals surface area contributed by atoms with Crippen LogP contribution in [-0.4, -0.2) is 42.0 Å². The summed E-state index contributed by atoms with van der Waals surface area (Å²) in [5.41, 5.74) is 3.12. The first-order valence-electron chi connectivity index (χ1n) is 9.10. The van der Waals surface area contributed by atoms with E-state index in [0.29, 0.717) is 12.8 Å². The van der Waals surface area contributed by atoms with Crippen molar-refractivity contribution in [3.8, 4) is 0 Å². The van der Waals surface area contributed by atoms with Gasteiger partial charge in [-0.25, -0.2) is 0 Å². The maximum absolute atomic E-state index is 11.9. The predicted molar refractivity (Wildman–Crippen MR) is 98.2 cm³/mol. The van der Waals surface area contributed by atoms with Gasteiger partial charge >= 0.3 is 5.97 Å². The van der Waals surface area contributed by atoms with Crippen LogP contribution in [0.25, 0.3) is 0 Å². The fourth-order valence-corrected chi connectivity index (χ4v) is 3.76. The van der Waals surface area contributed by atoms with Crippen molar-refractivity contribution in [2.45, 2.75) is 45.1 Å². The van der Waals surface area contributed by atoms with Crippen LogP contribution in [0.1, 0.15) is 37.7 Å². The third-order valence-electron chi connectivity index (χ3n) is 5.20. The second-order valence-electron chi connectivity index (χ2n) is 7.18. The first kappa shape index (κ1) is 18.2. The van der Waals surface area contributed by atoms with E-state index < -0.39 is 5.97 Å². The Kier molecular flexibility index (Phi) is 5.44. The van der Waals surface area contributed by atoms with Gasteiger partial charge in [0.25, 0.3) is 0 Å². The van der Waals surface area contributed by atoms with Gasteiger partial charge in [-0.05, 0) is 55.9 Å². The van der Waals surface area contributed by atoms with Crippen molar-refractivity contribution in [1.82, 2.24) is 5.32 Å². The molecule has 2 amide bonds. The molecule has 0 radical (unpaired) electrons. The van der Waals surface area contributed by atoms with E-state index in [-0.39, 0.29) is 30.2 Å². The van der Waals surface area contributed by atoms with Crippen LogP contribution in [0.4, 0.5) is 11.4 Å². The van der Waals surface area contributed by atoms with Crippen LogP contribution in [0, 0.1) is 12.8 Å². The topological polar surface area (TPSA) is 98.7 Å². The fraction of sp³-hybridized carbons (Fsp3) is 0.526. The summed E-state index contributed by atoms with van der Waals surface area (Å²) in [6.45, 7) is 3.76. The van der Waals surface area contributed by atoms with Crippen LogP contribution >= 0.6 is 0 Å². The zero-order valence-electron chi connectivity index (χ0n) is 15.0. The van der Waals surface area contributed by atoms with E-state index in [0.717, 1.165) is 42.9 Å². The molecule has 0 aliphatic carbocycles. The molecule has 140 valence electrons. The molecule has 3 N–H and O–H groups in total. The molecule has 7 nitrogen and oxygen atoms in total. The molecule has 3 rings (SSSR count). The highest BCUT2D eigenvalue weighted by Gasteiger charge is 2.27. The highest BCUT2D eigenvalue weighted by Crippen LogP contribution is 2.29. The number of nitrogens with zero attached hydrogens (tertiary/aromatic N) is 1. The summed E-state index contributed by atoms with van der Waals surface area (Å²) < 4.78 is 0. The molecule has 2 fully saturated rings. The normalized spacial score (nSPS) is 21.4. The molecule has 2 aliphatic rings. The number of rotatable bonds is 5. The summed E-state index contributed by atoms with van der Waals surface area (Å²) in [6.07, 6.45) is 2.89. The van der Waals surface area contributed by atoms with Gasteiger partial charge in [0.05, 0.1) is 0 Å². The Morgan fingerprint density at radius 2 is 2.00 bits per heavy atom. The number of carboxylic acid groups (broad SMARTS) is 1. The average molecular weight is 359 g/mol. The maximum Gasteiger partial charge on any atom is 0.303 e. The summed E-state index contributed by atoms with van der Waals surface area (Å²) >= 11 is 0. The Morgan fingerprint density at radius 1 is 1.27 bits per heavy atom. The van der Waals surface area contributed by atoms with Gasteiger partial charge in [0.2, 0.25) is 11.8 Å². The number of imide groups is 1. The van der Waals surface area contributed by atoms with Gasteiger partial charge in [0.1, 0.15) is 6.04 Å². The number of carbonyl (C=O) groups is 3. The molecule has 0 bridgehead atoms. The van der Waals surface area contributed by atoms with Crippen LogP contribution in [0.15, 0.2) is 18.2 Å². The Hall–Kier alpha value is -2.57. The number of aryl methyl sites for hydroxylation is 1. The monoisotopic (exact) mass is 359 g/mol. The Bertz CT molecular complexity index is 711. The number of nitrogens with one attached hydrogen (secondary N) is 2. The third-order valence-corrected chi connectivity index (χ3v) is 5.20. The number of benzene rings is 1. The standard InChI is InChI=1S/C19H25N3O4/c1-12-10-14(20-15-3-5-17(23)21-19(15)26)2-4-16(12)22-8-6-13(7-9-22)11-18(24)25/h2,4,10,13,15,20H,3,5-9,11H2,1H3,(H,24,25)(H,21,23,26). The molecular weight excluding hydrogens is 334 g/mol. The fourth-order valence-electron chi connectivity index (χ4n) is 3.76. The first-order chi connectivity index (χ1) is 12.4. The summed E-state index contributed by atoms with van der Waals surface area (Å²) in [5, 5.41) is 14.5. The number of hydrogen-bond donors (Lipinski definition) is 3. The van der Waals surface area contributed by atoms with Crippen LogP contribution in [0.2, 0.25) is 0 Å². The van der Waals surface area contributed by atoms with E-state index in [1.54, 1.807) is 0 Å². The van der Waals surface area contributed by atoms with Gasteiger partial charge in [0.15, 0.2) is 0 Å². The molecule has 1 aromatic rings. The van der Waals surface area contributed by atoms with Crippen LogP contribution in [0.3, 0.4) is 0 Å². The number of piperidine rings is 2. The number of amides is 2. The molecule has 1 unspecified atom stereocenters. The SMILES string of the molecule is Cc1cc(NC2CCC(=O)NC2=O)ccc1N1CCC(CC(=O)O)CC1. The minimum Gasteiger partial charge on any atom is -0.481 e. The second-order valence-corrected chi connectivity index (χ2v) is 7.18. The van der Waals surface area contributed by atoms with Gasteiger partial charge < -0.3 is 15.3 Å². The van der Waals surface area contributed by atoms with Crippen molar-refractivity contribution in [3.05, 3.63) is 23.8 Å². The molecule has 0 aromatic heterocycles. The zero-order chi connectivity index (χ0) is 18.7. The number of aliphatic carboxylic acids is 1. The molecule has 1 aromatic carbocycles. The summed E-state index contributed by atoms with van der Waals surface area (Å²) in [7, 11) is 0. The second kappa shape index (κ2) is 7.76. The van der Waals surface area contributed by atoms with Crippen LogP contribution < -0.4 is 15.5 Å². The van der Waals surface area contributed by atoms with Gasteiger partial charge in [-0.1, -0.05) is 0 Å². The lowest BCUT2D eigenvalue weighted by atomic mass is 9.93. The van der Waals surface area contributed by atoms with Crippen molar-refractivity contribution in [3.63, 3.8) is 0 Å². The summed E-state index contributed by atoms with van der Waals surface area (Å²) in [6, 6.07) is 5.63. The molecule has 2 saturated heterocycles. The number of hydrogen-bond acceptors (Lipinski definition) is 5. The molecule has 7 heteroatoms. The van der Waals surface area contributed by atoms with E-state index in [1.807, 2.05) is 25.1 Å². The highest BCUT2D eigenvalue weighted by atomic mass is 16.4. The molecule has 0 spiro atoms. The summed E-state index contributed by atoms with van der Waals surface area (Å²) in [5.74, 6) is -0.949. The lowest BCUT2D eigenvalue weighted by Gasteiger charge is -2.34.